The van der Waals surface area contributed by atoms with Crippen molar-refractivity contribution in [2.75, 3.05) is 23.7 Å². The van der Waals surface area contributed by atoms with Crippen molar-refractivity contribution in [1.29, 1.82) is 0 Å². The molecule has 0 aliphatic rings. The summed E-state index contributed by atoms with van der Waals surface area (Å²) < 4.78 is 26.7. The van der Waals surface area contributed by atoms with Crippen molar-refractivity contribution in [1.82, 2.24) is 9.97 Å². The van der Waals surface area contributed by atoms with Crippen LogP contribution in [0.3, 0.4) is 0 Å². The minimum absolute atomic E-state index is 0.118. The summed E-state index contributed by atoms with van der Waals surface area (Å²) in [5.41, 5.74) is 0. The predicted molar refractivity (Wildman–Crippen MR) is 78.6 cm³/mol. The highest BCUT2D eigenvalue weighted by Crippen LogP contribution is 2.18. The van der Waals surface area contributed by atoms with Crippen LogP contribution in [0.5, 0.6) is 0 Å². The van der Waals surface area contributed by atoms with Crippen LogP contribution in [0.15, 0.2) is 41.6 Å². The molecular formula is C12H13ClN4O2S. The van der Waals surface area contributed by atoms with Gasteiger partial charge in [-0.05, 0) is 24.3 Å². The second-order valence-corrected chi connectivity index (χ2v) is 6.33. The number of benzene rings is 1. The van der Waals surface area contributed by atoms with Crippen LogP contribution in [0.1, 0.15) is 0 Å². The molecule has 20 heavy (non-hydrogen) atoms. The molecule has 0 atom stereocenters. The Bertz CT molecular complexity index is 702. The van der Waals surface area contributed by atoms with E-state index in [1.54, 1.807) is 25.1 Å². The minimum Gasteiger partial charge on any atom is -0.363 e. The molecule has 0 saturated heterocycles. The van der Waals surface area contributed by atoms with Crippen LogP contribution in [0.4, 0.5) is 11.6 Å². The first-order valence-corrected chi connectivity index (χ1v) is 7.52. The van der Waals surface area contributed by atoms with Gasteiger partial charge < -0.3 is 4.90 Å². The second kappa shape index (κ2) is 5.64. The van der Waals surface area contributed by atoms with Crippen LogP contribution < -0.4 is 9.62 Å². The molecule has 8 heteroatoms. The number of anilines is 2. The van der Waals surface area contributed by atoms with Crippen molar-refractivity contribution < 1.29 is 8.42 Å². The summed E-state index contributed by atoms with van der Waals surface area (Å²) in [6.07, 6.45) is 1.30. The van der Waals surface area contributed by atoms with E-state index in [9.17, 15) is 8.42 Å². The number of nitrogens with zero attached hydrogens (tertiary/aromatic N) is 3. The van der Waals surface area contributed by atoms with Gasteiger partial charge in [0.1, 0.15) is 18.0 Å². The lowest BCUT2D eigenvalue weighted by Gasteiger charge is -2.12. The zero-order chi connectivity index (χ0) is 14.8. The molecule has 0 fully saturated rings. The molecule has 106 valence electrons. The van der Waals surface area contributed by atoms with E-state index in [2.05, 4.69) is 14.7 Å². The van der Waals surface area contributed by atoms with Crippen LogP contribution in [0.25, 0.3) is 0 Å². The Morgan fingerprint density at radius 2 is 1.80 bits per heavy atom. The summed E-state index contributed by atoms with van der Waals surface area (Å²) in [4.78, 5) is 9.78. The second-order valence-electron chi connectivity index (χ2n) is 4.22. The number of nitrogens with one attached hydrogen (secondary N) is 1. The van der Waals surface area contributed by atoms with Crippen molar-refractivity contribution in [2.45, 2.75) is 4.90 Å². The summed E-state index contributed by atoms with van der Waals surface area (Å²) in [7, 11) is -0.0793. The highest BCUT2D eigenvalue weighted by molar-refractivity contribution is 7.92. The molecule has 2 aromatic rings. The van der Waals surface area contributed by atoms with Crippen LogP contribution in [0, 0.1) is 0 Å². The van der Waals surface area contributed by atoms with E-state index in [1.165, 1.54) is 30.6 Å². The SMILES string of the molecule is CN(C)c1cc(NS(=O)(=O)c2ccc(Cl)cc2)ncn1. The molecule has 0 spiro atoms. The van der Waals surface area contributed by atoms with Crippen LogP contribution in [-0.4, -0.2) is 32.5 Å². The van der Waals surface area contributed by atoms with Gasteiger partial charge in [-0.2, -0.15) is 0 Å². The molecule has 1 heterocycles. The lowest BCUT2D eigenvalue weighted by atomic mass is 10.4. The van der Waals surface area contributed by atoms with E-state index < -0.39 is 10.0 Å². The van der Waals surface area contributed by atoms with E-state index >= 15 is 0 Å². The van der Waals surface area contributed by atoms with E-state index in [-0.39, 0.29) is 10.7 Å². The summed E-state index contributed by atoms with van der Waals surface area (Å²) in [5.74, 6) is 0.812. The number of hydrogen-bond acceptors (Lipinski definition) is 5. The Labute approximate surface area is 122 Å². The van der Waals surface area contributed by atoms with Crippen molar-refractivity contribution in [3.8, 4) is 0 Å². The lowest BCUT2D eigenvalue weighted by molar-refractivity contribution is 0.601. The van der Waals surface area contributed by atoms with Gasteiger partial charge in [0.25, 0.3) is 10.0 Å². The molecule has 0 bridgehead atoms. The monoisotopic (exact) mass is 312 g/mol. The lowest BCUT2D eigenvalue weighted by Crippen LogP contribution is -2.16. The van der Waals surface area contributed by atoms with Gasteiger partial charge >= 0.3 is 0 Å². The fourth-order valence-corrected chi connectivity index (χ4v) is 2.58. The van der Waals surface area contributed by atoms with Gasteiger partial charge in [0.05, 0.1) is 4.90 Å². The first-order chi connectivity index (χ1) is 9.38. The molecule has 0 aliphatic heterocycles. The zero-order valence-corrected chi connectivity index (χ0v) is 12.5. The molecule has 1 N–H and O–H groups in total. The summed E-state index contributed by atoms with van der Waals surface area (Å²) >= 11 is 5.74. The largest absolute Gasteiger partial charge is 0.363 e. The fraction of sp³-hybridized carbons (Fsp3) is 0.167. The molecule has 0 radical (unpaired) electrons. The van der Waals surface area contributed by atoms with E-state index in [1.807, 2.05) is 0 Å². The van der Waals surface area contributed by atoms with Crippen LogP contribution in [0.2, 0.25) is 5.02 Å². The van der Waals surface area contributed by atoms with Gasteiger partial charge in [-0.15, -0.1) is 0 Å². The molecule has 2 rings (SSSR count). The average molecular weight is 313 g/mol. The maximum Gasteiger partial charge on any atom is 0.263 e. The van der Waals surface area contributed by atoms with Gasteiger partial charge in [0, 0.05) is 25.2 Å². The number of hydrogen-bond donors (Lipinski definition) is 1. The molecule has 0 amide bonds. The molecule has 1 aromatic heterocycles. The normalized spacial score (nSPS) is 11.2. The van der Waals surface area contributed by atoms with Gasteiger partial charge in [0.15, 0.2) is 0 Å². The number of rotatable bonds is 4. The Morgan fingerprint density at radius 3 is 2.40 bits per heavy atom. The topological polar surface area (TPSA) is 75.2 Å². The molecule has 0 saturated carbocycles. The van der Waals surface area contributed by atoms with E-state index in [0.717, 1.165) is 0 Å². The molecule has 6 nitrogen and oxygen atoms in total. The highest BCUT2D eigenvalue weighted by Gasteiger charge is 2.15. The fourth-order valence-electron chi connectivity index (χ4n) is 1.46. The number of aromatic nitrogens is 2. The Kier molecular flexibility index (Phi) is 4.10. The van der Waals surface area contributed by atoms with E-state index in [4.69, 9.17) is 11.6 Å². The zero-order valence-electron chi connectivity index (χ0n) is 10.9. The average Bonchev–Trinajstić information content (AvgIpc) is 2.39. The van der Waals surface area contributed by atoms with Gasteiger partial charge in [-0.3, -0.25) is 4.72 Å². The van der Waals surface area contributed by atoms with Crippen molar-refractivity contribution in [3.63, 3.8) is 0 Å². The van der Waals surface area contributed by atoms with Gasteiger partial charge in [-0.1, -0.05) is 11.6 Å². The first kappa shape index (κ1) is 14.5. The first-order valence-electron chi connectivity index (χ1n) is 5.66. The standard InChI is InChI=1S/C12H13ClN4O2S/c1-17(2)12-7-11(14-8-15-12)16-20(18,19)10-5-3-9(13)4-6-10/h3-8H,1-2H3,(H,14,15,16). The maximum atomic E-state index is 12.2. The van der Waals surface area contributed by atoms with Crippen molar-refractivity contribution in [3.05, 3.63) is 41.7 Å². The third-order valence-corrected chi connectivity index (χ3v) is 4.10. The highest BCUT2D eigenvalue weighted by atomic mass is 35.5. The molecule has 0 aliphatic carbocycles. The molecular weight excluding hydrogens is 300 g/mol. The predicted octanol–water partition coefficient (Wildman–Crippen LogP) is 2.00. The van der Waals surface area contributed by atoms with Crippen LogP contribution >= 0.6 is 11.6 Å². The van der Waals surface area contributed by atoms with Crippen LogP contribution in [-0.2, 0) is 10.0 Å². The van der Waals surface area contributed by atoms with Crippen molar-refractivity contribution >= 4 is 33.3 Å². The Morgan fingerprint density at radius 1 is 1.15 bits per heavy atom. The minimum atomic E-state index is -3.69. The Hall–Kier alpha value is -1.86. The maximum absolute atomic E-state index is 12.2. The third kappa shape index (κ3) is 3.37. The summed E-state index contributed by atoms with van der Waals surface area (Å²) in [6.45, 7) is 0. The Balaban J connectivity index is 2.28. The van der Waals surface area contributed by atoms with Gasteiger partial charge in [0.2, 0.25) is 0 Å². The van der Waals surface area contributed by atoms with E-state index in [0.29, 0.717) is 10.8 Å². The number of halogens is 1. The molecule has 1 aromatic carbocycles. The molecule has 0 unspecified atom stereocenters. The van der Waals surface area contributed by atoms with Gasteiger partial charge in [-0.25, -0.2) is 18.4 Å². The quantitative estimate of drug-likeness (QED) is 0.934. The number of sulfonamides is 1. The smallest absolute Gasteiger partial charge is 0.263 e. The van der Waals surface area contributed by atoms with Crippen molar-refractivity contribution in [2.24, 2.45) is 0 Å². The third-order valence-electron chi connectivity index (χ3n) is 2.47. The summed E-state index contributed by atoms with van der Waals surface area (Å²) in [5, 5.41) is 0.473. The summed E-state index contributed by atoms with van der Waals surface area (Å²) in [6, 6.07) is 7.44.